The average Bonchev–Trinajstić information content (AvgIpc) is 2.04. The first kappa shape index (κ1) is 10.7. The third kappa shape index (κ3) is 7.56. The Kier molecular flexibility index (Phi) is 7.52. The van der Waals surface area contributed by atoms with E-state index >= 15 is 0 Å². The van der Waals surface area contributed by atoms with Crippen molar-refractivity contribution >= 4 is 0 Å². The van der Waals surface area contributed by atoms with E-state index in [2.05, 4.69) is 6.58 Å². The van der Waals surface area contributed by atoms with Gasteiger partial charge in [-0.25, -0.2) is 0 Å². The summed E-state index contributed by atoms with van der Waals surface area (Å²) in [6.45, 7) is 3.64. The van der Waals surface area contributed by atoms with E-state index in [1.54, 1.807) is 0 Å². The van der Waals surface area contributed by atoms with Crippen molar-refractivity contribution in [1.29, 1.82) is 0 Å². The van der Waals surface area contributed by atoms with Gasteiger partial charge in [-0.05, 0) is 25.7 Å². The van der Waals surface area contributed by atoms with Crippen molar-refractivity contribution in [3.63, 3.8) is 0 Å². The van der Waals surface area contributed by atoms with E-state index in [4.69, 9.17) is 9.84 Å². The zero-order valence-corrected chi connectivity index (χ0v) is 7.25. The third-order valence-electron chi connectivity index (χ3n) is 1.63. The van der Waals surface area contributed by atoms with Crippen LogP contribution in [0.3, 0.4) is 0 Å². The molecule has 2 nitrogen and oxygen atoms in total. The molecule has 0 saturated heterocycles. The fourth-order valence-electron chi connectivity index (χ4n) is 0.902. The Bertz CT molecular complexity index is 91.6. The van der Waals surface area contributed by atoms with E-state index in [0.29, 0.717) is 0 Å². The van der Waals surface area contributed by atoms with E-state index in [1.807, 2.05) is 6.08 Å². The molecule has 0 aliphatic carbocycles. The molecule has 2 heteroatoms. The van der Waals surface area contributed by atoms with Crippen LogP contribution < -0.4 is 0 Å². The number of aliphatic hydroxyl groups is 1. The fraction of sp³-hybridized carbons (Fsp3) is 0.778. The van der Waals surface area contributed by atoms with Gasteiger partial charge in [-0.2, -0.15) is 0 Å². The van der Waals surface area contributed by atoms with Crippen molar-refractivity contribution in [2.75, 3.05) is 7.11 Å². The van der Waals surface area contributed by atoms with Crippen molar-refractivity contribution in [2.24, 2.45) is 0 Å². The van der Waals surface area contributed by atoms with Crippen LogP contribution in [0.5, 0.6) is 0 Å². The molecule has 11 heavy (non-hydrogen) atoms. The van der Waals surface area contributed by atoms with Gasteiger partial charge in [0.1, 0.15) is 0 Å². The Balaban J connectivity index is 2.95. The van der Waals surface area contributed by atoms with Crippen LogP contribution in [0, 0.1) is 0 Å². The average molecular weight is 158 g/mol. The number of ether oxygens (including phenoxy) is 1. The van der Waals surface area contributed by atoms with Crippen LogP contribution in [0.1, 0.15) is 32.1 Å². The van der Waals surface area contributed by atoms with Gasteiger partial charge in [-0.3, -0.25) is 0 Å². The minimum atomic E-state index is -0.571. The summed E-state index contributed by atoms with van der Waals surface area (Å²) < 4.78 is 4.69. The number of rotatable bonds is 7. The summed E-state index contributed by atoms with van der Waals surface area (Å²) in [7, 11) is 1.52. The zero-order valence-electron chi connectivity index (χ0n) is 7.25. The Labute approximate surface area is 68.9 Å². The molecule has 0 radical (unpaired) electrons. The topological polar surface area (TPSA) is 29.5 Å². The Hall–Kier alpha value is -0.340. The van der Waals surface area contributed by atoms with E-state index in [1.165, 1.54) is 13.5 Å². The monoisotopic (exact) mass is 158 g/mol. The second-order valence-corrected chi connectivity index (χ2v) is 2.62. The summed E-state index contributed by atoms with van der Waals surface area (Å²) in [5, 5.41) is 8.97. The van der Waals surface area contributed by atoms with Gasteiger partial charge in [-0.1, -0.05) is 12.5 Å². The standard InChI is InChI=1S/C9H18O2/c1-3-4-5-6-7-8-9(10)11-2/h3,9-10H,1,4-8H2,2H3. The summed E-state index contributed by atoms with van der Waals surface area (Å²) in [6.07, 6.45) is 6.51. The quantitative estimate of drug-likeness (QED) is 0.349. The first-order valence-corrected chi connectivity index (χ1v) is 4.13. The summed E-state index contributed by atoms with van der Waals surface area (Å²) in [5.74, 6) is 0. The van der Waals surface area contributed by atoms with E-state index in [9.17, 15) is 0 Å². The number of hydrogen-bond donors (Lipinski definition) is 1. The van der Waals surface area contributed by atoms with Crippen LogP contribution in [0.4, 0.5) is 0 Å². The molecule has 1 unspecified atom stereocenters. The van der Waals surface area contributed by atoms with Gasteiger partial charge < -0.3 is 9.84 Å². The Morgan fingerprint density at radius 1 is 1.45 bits per heavy atom. The maximum absolute atomic E-state index is 8.97. The van der Waals surface area contributed by atoms with Crippen LogP contribution in [0.2, 0.25) is 0 Å². The van der Waals surface area contributed by atoms with Gasteiger partial charge in [0, 0.05) is 7.11 Å². The highest BCUT2D eigenvalue weighted by Gasteiger charge is 1.98. The highest BCUT2D eigenvalue weighted by molar-refractivity contribution is 4.65. The first-order valence-electron chi connectivity index (χ1n) is 4.13. The largest absolute Gasteiger partial charge is 0.368 e. The SMILES string of the molecule is C=CCCCCCC(O)OC. The predicted molar refractivity (Wildman–Crippen MR) is 46.3 cm³/mol. The van der Waals surface area contributed by atoms with Crippen molar-refractivity contribution in [3.05, 3.63) is 12.7 Å². The molecular formula is C9H18O2. The molecule has 1 atom stereocenters. The minimum absolute atomic E-state index is 0.571. The molecule has 0 aliphatic rings. The molecule has 0 saturated carbocycles. The van der Waals surface area contributed by atoms with Gasteiger partial charge in [0.05, 0.1) is 0 Å². The molecular weight excluding hydrogens is 140 g/mol. The van der Waals surface area contributed by atoms with Gasteiger partial charge >= 0.3 is 0 Å². The molecule has 0 aliphatic heterocycles. The number of allylic oxidation sites excluding steroid dienone is 1. The fourth-order valence-corrected chi connectivity index (χ4v) is 0.902. The lowest BCUT2D eigenvalue weighted by atomic mass is 10.1. The Morgan fingerprint density at radius 3 is 2.73 bits per heavy atom. The maximum atomic E-state index is 8.97. The second kappa shape index (κ2) is 7.76. The molecule has 66 valence electrons. The van der Waals surface area contributed by atoms with Crippen LogP contribution >= 0.6 is 0 Å². The summed E-state index contributed by atoms with van der Waals surface area (Å²) >= 11 is 0. The molecule has 0 aromatic carbocycles. The van der Waals surface area contributed by atoms with Crippen LogP contribution in [-0.4, -0.2) is 18.5 Å². The summed E-state index contributed by atoms with van der Waals surface area (Å²) in [6, 6.07) is 0. The van der Waals surface area contributed by atoms with Crippen molar-refractivity contribution < 1.29 is 9.84 Å². The first-order chi connectivity index (χ1) is 5.31. The number of unbranched alkanes of at least 4 members (excludes halogenated alkanes) is 3. The van der Waals surface area contributed by atoms with Crippen molar-refractivity contribution in [3.8, 4) is 0 Å². The molecule has 0 heterocycles. The van der Waals surface area contributed by atoms with Gasteiger partial charge in [0.25, 0.3) is 0 Å². The van der Waals surface area contributed by atoms with E-state index in [0.717, 1.165) is 25.7 Å². The lowest BCUT2D eigenvalue weighted by Gasteiger charge is -2.06. The highest BCUT2D eigenvalue weighted by Crippen LogP contribution is 2.05. The van der Waals surface area contributed by atoms with Crippen LogP contribution in [0.15, 0.2) is 12.7 Å². The van der Waals surface area contributed by atoms with E-state index < -0.39 is 6.29 Å². The molecule has 0 aromatic heterocycles. The minimum Gasteiger partial charge on any atom is -0.368 e. The number of aliphatic hydroxyl groups excluding tert-OH is 1. The molecule has 0 aromatic rings. The third-order valence-corrected chi connectivity index (χ3v) is 1.63. The van der Waals surface area contributed by atoms with Gasteiger partial charge in [0.15, 0.2) is 6.29 Å². The number of hydrogen-bond acceptors (Lipinski definition) is 2. The highest BCUT2D eigenvalue weighted by atomic mass is 16.6. The van der Waals surface area contributed by atoms with E-state index in [-0.39, 0.29) is 0 Å². The second-order valence-electron chi connectivity index (χ2n) is 2.62. The Morgan fingerprint density at radius 2 is 2.18 bits per heavy atom. The molecule has 0 rings (SSSR count). The summed E-state index contributed by atoms with van der Waals surface area (Å²) in [5.41, 5.74) is 0. The zero-order chi connectivity index (χ0) is 8.53. The normalized spacial score (nSPS) is 12.9. The molecule has 1 N–H and O–H groups in total. The smallest absolute Gasteiger partial charge is 0.154 e. The van der Waals surface area contributed by atoms with Gasteiger partial charge in [-0.15, -0.1) is 6.58 Å². The molecule has 0 spiro atoms. The van der Waals surface area contributed by atoms with Crippen molar-refractivity contribution in [1.82, 2.24) is 0 Å². The maximum Gasteiger partial charge on any atom is 0.154 e. The lowest BCUT2D eigenvalue weighted by Crippen LogP contribution is -2.07. The number of methoxy groups -OCH3 is 1. The molecule has 0 bridgehead atoms. The van der Waals surface area contributed by atoms with Crippen LogP contribution in [-0.2, 0) is 4.74 Å². The molecule has 0 amide bonds. The molecule has 0 fully saturated rings. The lowest BCUT2D eigenvalue weighted by molar-refractivity contribution is -0.0792. The summed E-state index contributed by atoms with van der Waals surface area (Å²) in [4.78, 5) is 0. The van der Waals surface area contributed by atoms with Gasteiger partial charge in [0.2, 0.25) is 0 Å². The predicted octanol–water partition coefficient (Wildman–Crippen LogP) is 2.09. The van der Waals surface area contributed by atoms with Crippen LogP contribution in [0.25, 0.3) is 0 Å². The van der Waals surface area contributed by atoms with Crippen molar-refractivity contribution in [2.45, 2.75) is 38.4 Å².